The number of carbonyl (C=O) groups is 1. The van der Waals surface area contributed by atoms with Crippen molar-refractivity contribution in [1.29, 1.82) is 0 Å². The lowest BCUT2D eigenvalue weighted by molar-refractivity contribution is -0.107. The van der Waals surface area contributed by atoms with E-state index in [1.165, 1.54) is 5.57 Å². The molecule has 0 saturated carbocycles. The van der Waals surface area contributed by atoms with Crippen molar-refractivity contribution in [3.8, 4) is 0 Å². The highest BCUT2D eigenvalue weighted by Crippen LogP contribution is 2.12. The van der Waals surface area contributed by atoms with E-state index in [0.29, 0.717) is 12.3 Å². The molecule has 0 aromatic carbocycles. The summed E-state index contributed by atoms with van der Waals surface area (Å²) in [5.41, 5.74) is 1.30. The Balaban J connectivity index is 3.53. The van der Waals surface area contributed by atoms with Crippen LogP contribution in [0.3, 0.4) is 0 Å². The summed E-state index contributed by atoms with van der Waals surface area (Å²) in [5, 5.41) is 8.71. The van der Waals surface area contributed by atoms with Crippen LogP contribution >= 0.6 is 0 Å². The summed E-state index contributed by atoms with van der Waals surface area (Å²) in [4.78, 5) is 10.1. The molecular weight excluding hydrogens is 176 g/mol. The van der Waals surface area contributed by atoms with Crippen molar-refractivity contribution in [2.45, 2.75) is 46.0 Å². The van der Waals surface area contributed by atoms with Crippen molar-refractivity contribution in [2.24, 2.45) is 5.92 Å². The Bertz CT molecular complexity index is 173. The molecule has 82 valence electrons. The predicted molar refractivity (Wildman–Crippen MR) is 59.2 cm³/mol. The van der Waals surface area contributed by atoms with Crippen molar-refractivity contribution >= 4 is 6.29 Å². The summed E-state index contributed by atoms with van der Waals surface area (Å²) in [6.45, 7) is 4.51. The van der Waals surface area contributed by atoms with E-state index in [1.807, 2.05) is 0 Å². The highest BCUT2D eigenvalue weighted by molar-refractivity contribution is 5.49. The van der Waals surface area contributed by atoms with Gasteiger partial charge in [-0.1, -0.05) is 18.6 Å². The number of rotatable bonds is 8. The third-order valence-corrected chi connectivity index (χ3v) is 2.43. The van der Waals surface area contributed by atoms with E-state index in [0.717, 1.165) is 32.0 Å². The minimum atomic E-state index is 0.287. The van der Waals surface area contributed by atoms with Crippen molar-refractivity contribution in [3.05, 3.63) is 11.6 Å². The minimum Gasteiger partial charge on any atom is -0.396 e. The number of hydrogen-bond donors (Lipinski definition) is 1. The molecular formula is C12H22O2. The summed E-state index contributed by atoms with van der Waals surface area (Å²) in [6, 6.07) is 0. The van der Waals surface area contributed by atoms with Crippen LogP contribution in [-0.4, -0.2) is 18.0 Å². The molecule has 0 aliphatic rings. The summed E-state index contributed by atoms with van der Waals surface area (Å²) < 4.78 is 0. The molecule has 0 aromatic heterocycles. The Morgan fingerprint density at radius 2 is 2.07 bits per heavy atom. The highest BCUT2D eigenvalue weighted by atomic mass is 16.3. The number of carbonyl (C=O) groups excluding carboxylic acids is 1. The van der Waals surface area contributed by atoms with E-state index in [-0.39, 0.29) is 6.61 Å². The lowest BCUT2D eigenvalue weighted by Gasteiger charge is -2.07. The van der Waals surface area contributed by atoms with Crippen LogP contribution in [0.25, 0.3) is 0 Å². The van der Waals surface area contributed by atoms with E-state index in [2.05, 4.69) is 19.9 Å². The van der Waals surface area contributed by atoms with E-state index in [9.17, 15) is 4.79 Å². The van der Waals surface area contributed by atoms with Gasteiger partial charge in [-0.05, 0) is 38.5 Å². The molecule has 0 unspecified atom stereocenters. The molecule has 0 amide bonds. The predicted octanol–water partition coefficient (Wildman–Crippen LogP) is 2.71. The second-order valence-corrected chi connectivity index (χ2v) is 3.95. The molecule has 0 aromatic rings. The van der Waals surface area contributed by atoms with Crippen LogP contribution in [0.15, 0.2) is 11.6 Å². The molecule has 0 bridgehead atoms. The first kappa shape index (κ1) is 13.4. The minimum absolute atomic E-state index is 0.287. The topological polar surface area (TPSA) is 37.3 Å². The van der Waals surface area contributed by atoms with Crippen molar-refractivity contribution in [3.63, 3.8) is 0 Å². The summed E-state index contributed by atoms with van der Waals surface area (Å²) in [7, 11) is 0. The van der Waals surface area contributed by atoms with Crippen molar-refractivity contribution in [2.75, 3.05) is 6.61 Å². The lowest BCUT2D eigenvalue weighted by Crippen LogP contribution is -1.97. The number of allylic oxidation sites excluding steroid dienone is 2. The maximum atomic E-state index is 10.1. The Kier molecular flexibility index (Phi) is 8.54. The molecule has 0 aliphatic heterocycles. The van der Waals surface area contributed by atoms with Crippen LogP contribution in [-0.2, 0) is 4.79 Å². The monoisotopic (exact) mass is 198 g/mol. The molecule has 1 N–H and O–H groups in total. The molecule has 2 nitrogen and oxygen atoms in total. The molecule has 0 rings (SSSR count). The molecule has 14 heavy (non-hydrogen) atoms. The summed E-state index contributed by atoms with van der Waals surface area (Å²) in [6.07, 6.45) is 7.77. The van der Waals surface area contributed by atoms with Crippen LogP contribution in [0.4, 0.5) is 0 Å². The zero-order valence-corrected chi connectivity index (χ0v) is 9.33. The van der Waals surface area contributed by atoms with Gasteiger partial charge >= 0.3 is 0 Å². The first-order valence-electron chi connectivity index (χ1n) is 5.40. The van der Waals surface area contributed by atoms with E-state index < -0.39 is 0 Å². The molecule has 2 heteroatoms. The van der Waals surface area contributed by atoms with Gasteiger partial charge in [0.1, 0.15) is 6.29 Å². The van der Waals surface area contributed by atoms with Gasteiger partial charge in [-0.15, -0.1) is 0 Å². The Hall–Kier alpha value is -0.630. The summed E-state index contributed by atoms with van der Waals surface area (Å²) >= 11 is 0. The number of aldehydes is 1. The van der Waals surface area contributed by atoms with Gasteiger partial charge in [-0.2, -0.15) is 0 Å². The number of aliphatic hydroxyl groups excluding tert-OH is 1. The van der Waals surface area contributed by atoms with Gasteiger partial charge in [0.05, 0.1) is 0 Å². The van der Waals surface area contributed by atoms with Crippen molar-refractivity contribution < 1.29 is 9.90 Å². The first-order chi connectivity index (χ1) is 6.70. The largest absolute Gasteiger partial charge is 0.396 e. The van der Waals surface area contributed by atoms with E-state index in [1.54, 1.807) is 0 Å². The van der Waals surface area contributed by atoms with Crippen LogP contribution < -0.4 is 0 Å². The van der Waals surface area contributed by atoms with Crippen molar-refractivity contribution in [1.82, 2.24) is 0 Å². The zero-order valence-electron chi connectivity index (χ0n) is 9.33. The van der Waals surface area contributed by atoms with Crippen LogP contribution in [0.1, 0.15) is 46.0 Å². The van der Waals surface area contributed by atoms with Crippen LogP contribution in [0, 0.1) is 5.92 Å². The fourth-order valence-electron chi connectivity index (χ4n) is 1.37. The fourth-order valence-corrected chi connectivity index (χ4v) is 1.37. The molecule has 0 aliphatic carbocycles. The standard InChI is InChI=1S/C12H22O2/c1-11(7-4-9-13)5-3-6-12(2)8-10-14/h5,9,12,14H,3-4,6-8,10H2,1-2H3/b11-5-/t12-/m0/s1. The highest BCUT2D eigenvalue weighted by Gasteiger charge is 1.99. The molecule has 0 fully saturated rings. The number of hydrogen-bond acceptors (Lipinski definition) is 2. The summed E-state index contributed by atoms with van der Waals surface area (Å²) in [5.74, 6) is 0.593. The molecule has 0 heterocycles. The van der Waals surface area contributed by atoms with Gasteiger partial charge in [-0.25, -0.2) is 0 Å². The van der Waals surface area contributed by atoms with Gasteiger partial charge in [0, 0.05) is 13.0 Å². The van der Waals surface area contributed by atoms with Gasteiger partial charge in [0.25, 0.3) is 0 Å². The molecule has 1 atom stereocenters. The maximum Gasteiger partial charge on any atom is 0.120 e. The Morgan fingerprint density at radius 3 is 2.64 bits per heavy atom. The SMILES string of the molecule is C/C(=C/CC[C@H](C)CCO)CCC=O. The quantitative estimate of drug-likeness (QED) is 0.481. The van der Waals surface area contributed by atoms with Gasteiger partial charge < -0.3 is 9.90 Å². The number of aliphatic hydroxyl groups is 1. The van der Waals surface area contributed by atoms with E-state index >= 15 is 0 Å². The average molecular weight is 198 g/mol. The molecule has 0 spiro atoms. The van der Waals surface area contributed by atoms with Gasteiger partial charge in [0.2, 0.25) is 0 Å². The maximum absolute atomic E-state index is 10.1. The first-order valence-corrected chi connectivity index (χ1v) is 5.40. The van der Waals surface area contributed by atoms with Gasteiger partial charge in [0.15, 0.2) is 0 Å². The average Bonchev–Trinajstić information content (AvgIpc) is 2.15. The smallest absolute Gasteiger partial charge is 0.120 e. The lowest BCUT2D eigenvalue weighted by atomic mass is 10.0. The Labute approximate surface area is 87.0 Å². The van der Waals surface area contributed by atoms with Crippen LogP contribution in [0.5, 0.6) is 0 Å². The zero-order chi connectivity index (χ0) is 10.8. The third kappa shape index (κ3) is 7.99. The van der Waals surface area contributed by atoms with Crippen LogP contribution in [0.2, 0.25) is 0 Å². The molecule has 0 radical (unpaired) electrons. The second kappa shape index (κ2) is 8.95. The molecule has 0 saturated heterocycles. The normalized spacial score (nSPS) is 14.1. The van der Waals surface area contributed by atoms with E-state index in [4.69, 9.17) is 5.11 Å². The Morgan fingerprint density at radius 1 is 1.36 bits per heavy atom. The second-order valence-electron chi connectivity index (χ2n) is 3.95. The van der Waals surface area contributed by atoms with Gasteiger partial charge in [-0.3, -0.25) is 0 Å². The fraction of sp³-hybridized carbons (Fsp3) is 0.750. The third-order valence-electron chi connectivity index (χ3n) is 2.43.